The summed E-state index contributed by atoms with van der Waals surface area (Å²) >= 11 is 0. The standard InChI is InChI=1S/C3H4N4O3/c4-1-2(7(9)10)5-6-3(1)8/h4H2,(H2,5,6,8). The van der Waals surface area contributed by atoms with E-state index in [9.17, 15) is 10.1 Å². The summed E-state index contributed by atoms with van der Waals surface area (Å²) in [7, 11) is 0. The molecule has 0 saturated heterocycles. The molecule has 1 heterocycles. The molecule has 0 unspecified atom stereocenters. The molecule has 0 aliphatic carbocycles. The third kappa shape index (κ3) is 0.729. The summed E-state index contributed by atoms with van der Waals surface area (Å²) in [6, 6.07) is 0. The third-order valence-electron chi connectivity index (χ3n) is 0.937. The molecule has 0 saturated carbocycles. The number of nitrogens with one attached hydrogen (secondary N) is 1. The van der Waals surface area contributed by atoms with Crippen LogP contribution in [0.25, 0.3) is 0 Å². The normalized spacial score (nSPS) is 9.60. The van der Waals surface area contributed by atoms with Crippen LogP contribution in [0.2, 0.25) is 0 Å². The topological polar surface area (TPSA) is 118 Å². The minimum Gasteiger partial charge on any atom is -0.491 e. The van der Waals surface area contributed by atoms with Crippen LogP contribution in [0.15, 0.2) is 0 Å². The summed E-state index contributed by atoms with van der Waals surface area (Å²) in [5.74, 6) is -1.04. The van der Waals surface area contributed by atoms with Crippen LogP contribution in [0.3, 0.4) is 0 Å². The van der Waals surface area contributed by atoms with E-state index in [1.54, 1.807) is 0 Å². The van der Waals surface area contributed by atoms with Gasteiger partial charge in [0.05, 0.1) is 5.10 Å². The lowest BCUT2D eigenvalue weighted by Crippen LogP contribution is -1.92. The largest absolute Gasteiger partial charge is 0.491 e. The first kappa shape index (κ1) is 6.33. The van der Waals surface area contributed by atoms with Crippen LogP contribution in [0, 0.1) is 10.1 Å². The number of hydrogen-bond acceptors (Lipinski definition) is 5. The van der Waals surface area contributed by atoms with Crippen LogP contribution in [0.4, 0.5) is 11.5 Å². The quantitative estimate of drug-likeness (QED) is 0.366. The summed E-state index contributed by atoms with van der Waals surface area (Å²) in [4.78, 5) is 9.18. The summed E-state index contributed by atoms with van der Waals surface area (Å²) in [6.07, 6.45) is 0. The molecule has 0 radical (unpaired) electrons. The van der Waals surface area contributed by atoms with Crippen LogP contribution < -0.4 is 5.73 Å². The van der Waals surface area contributed by atoms with Crippen molar-refractivity contribution in [1.82, 2.24) is 10.2 Å². The Morgan fingerprint density at radius 1 is 1.80 bits per heavy atom. The van der Waals surface area contributed by atoms with Crippen LogP contribution in [0.5, 0.6) is 5.88 Å². The van der Waals surface area contributed by atoms with Crippen molar-refractivity contribution in [2.75, 3.05) is 5.73 Å². The Bertz CT molecular complexity index is 267. The van der Waals surface area contributed by atoms with E-state index in [-0.39, 0.29) is 5.69 Å². The predicted molar refractivity (Wildman–Crippen MR) is 31.3 cm³/mol. The number of nitro groups is 1. The van der Waals surface area contributed by atoms with Crippen molar-refractivity contribution in [2.45, 2.75) is 0 Å². The number of anilines is 1. The average molecular weight is 144 g/mol. The van der Waals surface area contributed by atoms with E-state index >= 15 is 0 Å². The van der Waals surface area contributed by atoms with Gasteiger partial charge in [0.1, 0.15) is 0 Å². The van der Waals surface area contributed by atoms with Crippen molar-refractivity contribution >= 4 is 11.5 Å². The zero-order valence-corrected chi connectivity index (χ0v) is 4.74. The lowest BCUT2D eigenvalue weighted by molar-refractivity contribution is -0.388. The Balaban J connectivity index is 3.17. The molecule has 0 aliphatic rings. The van der Waals surface area contributed by atoms with Crippen molar-refractivity contribution < 1.29 is 10.0 Å². The van der Waals surface area contributed by atoms with Gasteiger partial charge in [-0.15, -0.1) is 5.10 Å². The number of nitrogens with zero attached hydrogens (tertiary/aromatic N) is 2. The van der Waals surface area contributed by atoms with E-state index in [1.165, 1.54) is 0 Å². The van der Waals surface area contributed by atoms with Crippen LogP contribution in [0.1, 0.15) is 0 Å². The zero-order chi connectivity index (χ0) is 7.72. The van der Waals surface area contributed by atoms with Gasteiger partial charge in [0.2, 0.25) is 0 Å². The molecule has 0 spiro atoms. The maximum Gasteiger partial charge on any atom is 0.416 e. The van der Waals surface area contributed by atoms with Crippen molar-refractivity contribution in [2.24, 2.45) is 0 Å². The number of aromatic nitrogens is 2. The van der Waals surface area contributed by atoms with E-state index in [1.807, 2.05) is 5.10 Å². The monoisotopic (exact) mass is 144 g/mol. The number of hydrogen-bond donors (Lipinski definition) is 3. The van der Waals surface area contributed by atoms with Gasteiger partial charge < -0.3 is 21.0 Å². The molecule has 7 heteroatoms. The van der Waals surface area contributed by atoms with Gasteiger partial charge >= 0.3 is 5.82 Å². The number of aromatic hydroxyl groups is 1. The summed E-state index contributed by atoms with van der Waals surface area (Å²) in [5, 5.41) is 23.7. The van der Waals surface area contributed by atoms with Gasteiger partial charge in [0.15, 0.2) is 5.69 Å². The maximum absolute atomic E-state index is 9.97. The highest BCUT2D eigenvalue weighted by atomic mass is 16.6. The van der Waals surface area contributed by atoms with E-state index in [0.29, 0.717) is 0 Å². The fourth-order valence-electron chi connectivity index (χ4n) is 0.471. The van der Waals surface area contributed by atoms with Crippen LogP contribution in [-0.2, 0) is 0 Å². The van der Waals surface area contributed by atoms with E-state index in [0.717, 1.165) is 0 Å². The van der Waals surface area contributed by atoms with Gasteiger partial charge in [-0.1, -0.05) is 0 Å². The molecule has 4 N–H and O–H groups in total. The molecular weight excluding hydrogens is 140 g/mol. The smallest absolute Gasteiger partial charge is 0.416 e. The number of rotatable bonds is 1. The highest BCUT2D eigenvalue weighted by Crippen LogP contribution is 2.25. The van der Waals surface area contributed by atoms with Gasteiger partial charge in [-0.25, -0.2) is 0 Å². The van der Waals surface area contributed by atoms with Crippen LogP contribution in [-0.4, -0.2) is 20.2 Å². The zero-order valence-electron chi connectivity index (χ0n) is 4.74. The molecule has 0 bridgehead atoms. The molecule has 7 nitrogen and oxygen atoms in total. The van der Waals surface area contributed by atoms with Crippen molar-refractivity contribution in [3.8, 4) is 5.88 Å². The first-order valence-corrected chi connectivity index (χ1v) is 2.30. The maximum atomic E-state index is 9.97. The molecule has 10 heavy (non-hydrogen) atoms. The SMILES string of the molecule is Nc1c([N+](=O)[O-])n[nH]c1O. The Kier molecular flexibility index (Phi) is 1.18. The molecular formula is C3H4N4O3. The second-order valence-electron chi connectivity index (χ2n) is 1.57. The number of nitrogens with two attached hydrogens (primary N) is 1. The summed E-state index contributed by atoms with van der Waals surface area (Å²) in [5.41, 5.74) is 4.68. The van der Waals surface area contributed by atoms with Crippen molar-refractivity contribution in [3.63, 3.8) is 0 Å². The first-order valence-electron chi connectivity index (χ1n) is 2.30. The number of aromatic amines is 1. The highest BCUT2D eigenvalue weighted by molar-refractivity contribution is 5.59. The fraction of sp³-hybridized carbons (Fsp3) is 0. The van der Waals surface area contributed by atoms with Crippen molar-refractivity contribution in [3.05, 3.63) is 10.1 Å². The highest BCUT2D eigenvalue weighted by Gasteiger charge is 2.19. The van der Waals surface area contributed by atoms with E-state index < -0.39 is 16.6 Å². The second-order valence-corrected chi connectivity index (χ2v) is 1.57. The lowest BCUT2D eigenvalue weighted by Gasteiger charge is -1.86. The Morgan fingerprint density at radius 2 is 2.40 bits per heavy atom. The third-order valence-corrected chi connectivity index (χ3v) is 0.937. The summed E-state index contributed by atoms with van der Waals surface area (Å²) < 4.78 is 0. The molecule has 0 atom stereocenters. The van der Waals surface area contributed by atoms with E-state index in [4.69, 9.17) is 10.8 Å². The van der Waals surface area contributed by atoms with E-state index in [2.05, 4.69) is 5.10 Å². The molecule has 0 fully saturated rings. The van der Waals surface area contributed by atoms with Gasteiger partial charge in [0.25, 0.3) is 5.88 Å². The predicted octanol–water partition coefficient (Wildman–Crippen LogP) is -0.394. The number of nitrogen functional groups attached to an aromatic ring is 1. The molecule has 54 valence electrons. The van der Waals surface area contributed by atoms with Crippen molar-refractivity contribution in [1.29, 1.82) is 0 Å². The molecule has 1 aromatic rings. The summed E-state index contributed by atoms with van der Waals surface area (Å²) in [6.45, 7) is 0. The Morgan fingerprint density at radius 3 is 2.60 bits per heavy atom. The Hall–Kier alpha value is -1.79. The van der Waals surface area contributed by atoms with Crippen LogP contribution >= 0.6 is 0 Å². The number of H-pyrrole nitrogens is 1. The average Bonchev–Trinajstić information content (AvgIpc) is 2.14. The second kappa shape index (κ2) is 1.87. The minimum absolute atomic E-state index is 0.343. The molecule has 0 amide bonds. The van der Waals surface area contributed by atoms with Gasteiger partial charge in [-0.2, -0.15) is 0 Å². The molecule has 1 rings (SSSR count). The minimum atomic E-state index is -0.786. The van der Waals surface area contributed by atoms with Gasteiger partial charge in [-0.3, -0.25) is 0 Å². The lowest BCUT2D eigenvalue weighted by atomic mass is 10.5. The van der Waals surface area contributed by atoms with Gasteiger partial charge in [-0.05, 0) is 4.92 Å². The van der Waals surface area contributed by atoms with Gasteiger partial charge in [0, 0.05) is 0 Å². The fourth-order valence-corrected chi connectivity index (χ4v) is 0.471. The first-order chi connectivity index (χ1) is 4.63. The molecule has 1 aromatic heterocycles. The molecule has 0 aromatic carbocycles. The Labute approximate surface area is 54.6 Å². The molecule has 0 aliphatic heterocycles.